The highest BCUT2D eigenvalue weighted by Crippen LogP contribution is 2.29. The summed E-state index contributed by atoms with van der Waals surface area (Å²) in [6.07, 6.45) is 0.399. The Kier molecular flexibility index (Phi) is 7.51. The summed E-state index contributed by atoms with van der Waals surface area (Å²) in [7, 11) is 0. The molecule has 0 aliphatic carbocycles. The Balaban J connectivity index is 1.69. The Labute approximate surface area is 212 Å². The van der Waals surface area contributed by atoms with Crippen molar-refractivity contribution < 1.29 is 9.21 Å². The number of nitrogen functional groups attached to an aromatic ring is 1. The lowest BCUT2D eigenvalue weighted by Crippen LogP contribution is -2.44. The average Bonchev–Trinajstić information content (AvgIpc) is 2.86. The maximum atomic E-state index is 13.7. The second kappa shape index (κ2) is 10.7. The molecule has 4 aromatic rings. The number of anilines is 2. The number of amides is 1. The Bertz CT molecular complexity index is 1390. The number of hydrogen-bond acceptors (Lipinski definition) is 6. The zero-order valence-electron chi connectivity index (χ0n) is 19.6. The number of carbonyl (C=O) groups excluding carboxylic acids is 1. The molecule has 0 bridgehead atoms. The monoisotopic (exact) mass is 534 g/mol. The minimum absolute atomic E-state index is 0.0163. The number of nitrogens with two attached hydrogens (primary N) is 1. The van der Waals surface area contributed by atoms with Gasteiger partial charge >= 0.3 is 5.63 Å². The van der Waals surface area contributed by atoms with Crippen LogP contribution in [0.5, 0.6) is 0 Å². The summed E-state index contributed by atoms with van der Waals surface area (Å²) in [4.78, 5) is 32.8. The number of benzene rings is 3. The summed E-state index contributed by atoms with van der Waals surface area (Å²) < 4.78 is 6.09. The Morgan fingerprint density at radius 1 is 1.11 bits per heavy atom. The molecule has 0 fully saturated rings. The van der Waals surface area contributed by atoms with E-state index in [1.54, 1.807) is 17.9 Å². The van der Waals surface area contributed by atoms with Crippen molar-refractivity contribution in [3.8, 4) is 0 Å². The maximum Gasteiger partial charge on any atom is 0.348 e. The number of fused-ring (bicyclic) bond motifs is 1. The van der Waals surface area contributed by atoms with Gasteiger partial charge in [0, 0.05) is 29.7 Å². The molecule has 4 rings (SSSR count). The minimum atomic E-state index is -0.692. The predicted molar refractivity (Wildman–Crippen MR) is 142 cm³/mol. The van der Waals surface area contributed by atoms with Gasteiger partial charge in [-0.1, -0.05) is 60.7 Å². The third-order valence-corrected chi connectivity index (χ3v) is 6.55. The normalized spacial score (nSPS) is 11.9. The molecular formula is C27H27BrN4O3. The van der Waals surface area contributed by atoms with E-state index in [9.17, 15) is 9.59 Å². The van der Waals surface area contributed by atoms with Gasteiger partial charge in [0.05, 0.1) is 10.9 Å². The van der Waals surface area contributed by atoms with Gasteiger partial charge < -0.3 is 20.4 Å². The molecule has 1 atom stereocenters. The highest BCUT2D eigenvalue weighted by molar-refractivity contribution is 9.10. The standard InChI is InChI=1S/C27H27BrN4O3/c1-3-32(16-19-12-8-5-9-13-19)25(33)22(14-18-10-6-4-7-11-18)30-27-31-24-20(28)15-21(29)17(2)23(24)26(34)35-27/h4-13,15,22H,3,14,16,29H2,1-2H3,(H,30,31)/t22-/m0/s1. The quantitative estimate of drug-likeness (QED) is 0.311. The van der Waals surface area contributed by atoms with Crippen LogP contribution in [0.25, 0.3) is 10.9 Å². The van der Waals surface area contributed by atoms with E-state index in [4.69, 9.17) is 10.2 Å². The van der Waals surface area contributed by atoms with Gasteiger partial charge in [0.1, 0.15) is 6.04 Å². The van der Waals surface area contributed by atoms with Crippen LogP contribution in [0, 0.1) is 6.92 Å². The molecule has 0 unspecified atom stereocenters. The van der Waals surface area contributed by atoms with Crippen molar-refractivity contribution >= 4 is 44.4 Å². The largest absolute Gasteiger partial charge is 0.398 e. The zero-order chi connectivity index (χ0) is 24.9. The van der Waals surface area contributed by atoms with E-state index in [-0.39, 0.29) is 11.9 Å². The maximum absolute atomic E-state index is 13.7. The molecule has 180 valence electrons. The molecule has 3 N–H and O–H groups in total. The molecule has 0 aliphatic heterocycles. The number of carbonyl (C=O) groups is 1. The van der Waals surface area contributed by atoms with Crippen LogP contribution in [0.4, 0.5) is 11.7 Å². The lowest BCUT2D eigenvalue weighted by molar-refractivity contribution is -0.132. The first-order valence-corrected chi connectivity index (χ1v) is 12.2. The lowest BCUT2D eigenvalue weighted by Gasteiger charge is -2.27. The molecule has 3 aromatic carbocycles. The molecule has 8 heteroatoms. The summed E-state index contributed by atoms with van der Waals surface area (Å²) in [5, 5.41) is 3.41. The first-order chi connectivity index (χ1) is 16.9. The second-order valence-corrected chi connectivity index (χ2v) is 9.18. The van der Waals surface area contributed by atoms with Gasteiger partial charge in [0.2, 0.25) is 5.91 Å². The van der Waals surface area contributed by atoms with Gasteiger partial charge in [0.15, 0.2) is 0 Å². The number of likely N-dealkylation sites (N-methyl/N-ethyl adjacent to an activating group) is 1. The first-order valence-electron chi connectivity index (χ1n) is 11.4. The first kappa shape index (κ1) is 24.5. The van der Waals surface area contributed by atoms with Crippen LogP contribution in [-0.2, 0) is 17.8 Å². The molecule has 35 heavy (non-hydrogen) atoms. The Morgan fingerprint density at radius 3 is 2.37 bits per heavy atom. The van der Waals surface area contributed by atoms with Crippen molar-refractivity contribution in [3.63, 3.8) is 0 Å². The van der Waals surface area contributed by atoms with E-state index in [0.29, 0.717) is 46.1 Å². The van der Waals surface area contributed by atoms with E-state index < -0.39 is 11.7 Å². The van der Waals surface area contributed by atoms with Crippen molar-refractivity contribution in [2.24, 2.45) is 0 Å². The van der Waals surface area contributed by atoms with Gasteiger partial charge in [-0.2, -0.15) is 4.98 Å². The lowest BCUT2D eigenvalue weighted by atomic mass is 10.0. The topological polar surface area (TPSA) is 101 Å². The van der Waals surface area contributed by atoms with Crippen LogP contribution in [0.15, 0.2) is 80.4 Å². The molecule has 0 spiro atoms. The van der Waals surface area contributed by atoms with Crippen LogP contribution in [0.1, 0.15) is 23.6 Å². The number of aromatic nitrogens is 1. The van der Waals surface area contributed by atoms with Gasteiger partial charge in [0.25, 0.3) is 6.01 Å². The van der Waals surface area contributed by atoms with Gasteiger partial charge in [-0.15, -0.1) is 0 Å². The molecule has 1 amide bonds. The van der Waals surface area contributed by atoms with Crippen LogP contribution >= 0.6 is 15.9 Å². The van der Waals surface area contributed by atoms with Crippen LogP contribution < -0.4 is 16.7 Å². The van der Waals surface area contributed by atoms with Crippen molar-refractivity contribution in [2.75, 3.05) is 17.6 Å². The van der Waals surface area contributed by atoms with Crippen molar-refractivity contribution in [1.82, 2.24) is 9.88 Å². The van der Waals surface area contributed by atoms with Crippen molar-refractivity contribution in [3.05, 3.63) is 98.3 Å². The second-order valence-electron chi connectivity index (χ2n) is 8.33. The molecule has 0 radical (unpaired) electrons. The number of nitrogens with zero attached hydrogens (tertiary/aromatic N) is 2. The van der Waals surface area contributed by atoms with Gasteiger partial charge in [-0.05, 0) is 52.5 Å². The summed E-state index contributed by atoms with van der Waals surface area (Å²) in [5.74, 6) is -0.114. The van der Waals surface area contributed by atoms with E-state index >= 15 is 0 Å². The fraction of sp³-hybridized carbons (Fsp3) is 0.222. The molecule has 0 saturated heterocycles. The molecule has 7 nitrogen and oxygen atoms in total. The highest BCUT2D eigenvalue weighted by atomic mass is 79.9. The number of rotatable bonds is 8. The molecule has 1 heterocycles. The Morgan fingerprint density at radius 2 is 1.74 bits per heavy atom. The number of hydrogen-bond donors (Lipinski definition) is 2. The summed E-state index contributed by atoms with van der Waals surface area (Å²) in [5.41, 5.74) is 8.95. The summed E-state index contributed by atoms with van der Waals surface area (Å²) >= 11 is 3.44. The SMILES string of the molecule is CCN(Cc1ccccc1)C(=O)[C@H](Cc1ccccc1)Nc1nc2c(Br)cc(N)c(C)c2c(=O)o1. The molecule has 1 aromatic heterocycles. The summed E-state index contributed by atoms with van der Waals surface area (Å²) in [6, 6.07) is 20.5. The number of aryl methyl sites for hydroxylation is 1. The van der Waals surface area contributed by atoms with Crippen molar-refractivity contribution in [2.45, 2.75) is 32.9 Å². The number of nitrogens with one attached hydrogen (secondary N) is 1. The predicted octanol–water partition coefficient (Wildman–Crippen LogP) is 4.91. The molecule has 0 saturated carbocycles. The fourth-order valence-electron chi connectivity index (χ4n) is 4.01. The van der Waals surface area contributed by atoms with Crippen LogP contribution in [-0.4, -0.2) is 28.4 Å². The Hall–Kier alpha value is -3.65. The van der Waals surface area contributed by atoms with E-state index in [0.717, 1.165) is 11.1 Å². The van der Waals surface area contributed by atoms with Gasteiger partial charge in [-0.3, -0.25) is 4.79 Å². The smallest absolute Gasteiger partial charge is 0.348 e. The van der Waals surface area contributed by atoms with E-state index in [1.165, 1.54) is 0 Å². The van der Waals surface area contributed by atoms with Gasteiger partial charge in [-0.25, -0.2) is 4.79 Å². The number of halogens is 1. The zero-order valence-corrected chi connectivity index (χ0v) is 21.2. The third-order valence-electron chi connectivity index (χ3n) is 5.95. The fourth-order valence-corrected chi connectivity index (χ4v) is 4.54. The van der Waals surface area contributed by atoms with Crippen molar-refractivity contribution in [1.29, 1.82) is 0 Å². The van der Waals surface area contributed by atoms with Crippen LogP contribution in [0.3, 0.4) is 0 Å². The summed E-state index contributed by atoms with van der Waals surface area (Å²) in [6.45, 7) is 4.70. The minimum Gasteiger partial charge on any atom is -0.398 e. The highest BCUT2D eigenvalue weighted by Gasteiger charge is 2.26. The van der Waals surface area contributed by atoms with E-state index in [2.05, 4.69) is 26.2 Å². The molecule has 0 aliphatic rings. The van der Waals surface area contributed by atoms with Crippen LogP contribution in [0.2, 0.25) is 0 Å². The van der Waals surface area contributed by atoms with E-state index in [1.807, 2.05) is 67.6 Å². The molecular weight excluding hydrogens is 508 g/mol. The third kappa shape index (κ3) is 5.54. The average molecular weight is 535 g/mol.